The van der Waals surface area contributed by atoms with Crippen LogP contribution in [-0.4, -0.2) is 46.3 Å². The summed E-state index contributed by atoms with van der Waals surface area (Å²) in [6.45, 7) is 19.6. The second kappa shape index (κ2) is 11.3. The molecule has 5 aliphatic carbocycles. The van der Waals surface area contributed by atoms with Gasteiger partial charge in [-0.05, 0) is 135 Å². The number of fused-ring (bicyclic) bond motifs is 7. The molecule has 10 atom stereocenters. The zero-order valence-corrected chi connectivity index (χ0v) is 29.0. The smallest absolute Gasteiger partial charge is 0.255 e. The Labute approximate surface area is 276 Å². The van der Waals surface area contributed by atoms with E-state index in [1.54, 1.807) is 0 Å². The number of aliphatic hydroxyl groups is 1. The topological polar surface area (TPSA) is 119 Å². The van der Waals surface area contributed by atoms with Crippen molar-refractivity contribution in [3.63, 3.8) is 0 Å². The summed E-state index contributed by atoms with van der Waals surface area (Å²) in [6, 6.07) is 3.90. The van der Waals surface area contributed by atoms with E-state index in [0.717, 1.165) is 51.0 Å². The molecule has 2 amide bonds. The van der Waals surface area contributed by atoms with Gasteiger partial charge in [0.1, 0.15) is 11.5 Å². The first kappa shape index (κ1) is 33.4. The zero-order chi connectivity index (χ0) is 33.4. The number of phenols is 2. The quantitative estimate of drug-likeness (QED) is 0.171. The molecule has 5 saturated carbocycles. The van der Waals surface area contributed by atoms with Crippen LogP contribution >= 0.6 is 0 Å². The molecule has 0 bridgehead atoms. The van der Waals surface area contributed by atoms with E-state index in [0.29, 0.717) is 30.2 Å². The second-order valence-electron chi connectivity index (χ2n) is 17.4. The summed E-state index contributed by atoms with van der Waals surface area (Å²) < 4.78 is 0. The predicted molar refractivity (Wildman–Crippen MR) is 180 cm³/mol. The van der Waals surface area contributed by atoms with Gasteiger partial charge in [0.25, 0.3) is 5.91 Å². The molecule has 1 aromatic carbocycles. The first-order valence-corrected chi connectivity index (χ1v) is 17.9. The first-order valence-electron chi connectivity index (χ1n) is 17.9. The Morgan fingerprint density at radius 3 is 2.26 bits per heavy atom. The largest absolute Gasteiger partial charge is 0.508 e. The minimum absolute atomic E-state index is 0.0632. The zero-order valence-electron chi connectivity index (χ0n) is 29.0. The third kappa shape index (κ3) is 4.68. The standard InChI is InChI=1S/C39H58N2O5/c1-23(2)25-12-17-39(34(46)41-21-20-40-33(45)26-9-8-24(42)22-28(26)43)19-18-37(6)27(32(25)39)10-11-30-36(5)15-14-31(44)35(3,4)29(36)13-16-38(30,37)7/h8-9,22,25,27,29-32,42-44H,1,10-21H2,2-7H3,(H,40,45)(H,41,46)/t25-,27+,29-,30+,31-,32+,36-,37+,38+,39-/m0/s1. The molecule has 0 unspecified atom stereocenters. The lowest BCUT2D eigenvalue weighted by Crippen LogP contribution is -2.67. The van der Waals surface area contributed by atoms with Crippen LogP contribution in [-0.2, 0) is 4.79 Å². The summed E-state index contributed by atoms with van der Waals surface area (Å²) in [5, 5.41) is 36.7. The summed E-state index contributed by atoms with van der Waals surface area (Å²) in [4.78, 5) is 26.9. The van der Waals surface area contributed by atoms with E-state index in [1.807, 2.05) is 0 Å². The molecule has 0 aliphatic heterocycles. The lowest BCUT2D eigenvalue weighted by molar-refractivity contribution is -0.246. The number of amides is 2. The number of hydrogen-bond acceptors (Lipinski definition) is 5. The van der Waals surface area contributed by atoms with E-state index in [1.165, 1.54) is 37.0 Å². The van der Waals surface area contributed by atoms with Crippen LogP contribution in [0.1, 0.15) is 116 Å². The van der Waals surface area contributed by atoms with Crippen molar-refractivity contribution in [3.8, 4) is 11.5 Å². The molecular formula is C39H58N2O5. The van der Waals surface area contributed by atoms with Crippen LogP contribution in [0.2, 0.25) is 0 Å². The molecule has 0 spiro atoms. The fourth-order valence-corrected chi connectivity index (χ4v) is 12.9. The van der Waals surface area contributed by atoms with E-state index >= 15 is 0 Å². The van der Waals surface area contributed by atoms with Gasteiger partial charge in [-0.15, -0.1) is 0 Å². The van der Waals surface area contributed by atoms with Crippen LogP contribution in [0.5, 0.6) is 11.5 Å². The molecule has 5 N–H and O–H groups in total. The highest BCUT2D eigenvalue weighted by Gasteiger charge is 2.71. The number of nitrogens with one attached hydrogen (secondary N) is 2. The third-order valence-corrected chi connectivity index (χ3v) is 15.4. The van der Waals surface area contributed by atoms with Crippen molar-refractivity contribution < 1.29 is 24.9 Å². The minimum atomic E-state index is -0.441. The number of aliphatic hydroxyl groups excluding tert-OH is 1. The number of phenolic OH excluding ortho intramolecular Hbond substituents is 2. The van der Waals surface area contributed by atoms with Crippen molar-refractivity contribution >= 4 is 11.8 Å². The van der Waals surface area contributed by atoms with Crippen molar-refractivity contribution in [2.45, 2.75) is 112 Å². The lowest BCUT2D eigenvalue weighted by Gasteiger charge is -2.72. The molecule has 46 heavy (non-hydrogen) atoms. The molecule has 0 radical (unpaired) electrons. The number of rotatable bonds is 6. The molecule has 7 heteroatoms. The molecule has 0 heterocycles. The van der Waals surface area contributed by atoms with Crippen LogP contribution in [0, 0.1) is 56.7 Å². The molecule has 1 aromatic rings. The highest BCUT2D eigenvalue weighted by molar-refractivity contribution is 5.97. The van der Waals surface area contributed by atoms with Gasteiger partial charge in [-0.3, -0.25) is 9.59 Å². The van der Waals surface area contributed by atoms with Crippen molar-refractivity contribution in [2.24, 2.45) is 56.7 Å². The van der Waals surface area contributed by atoms with Crippen LogP contribution in [0.4, 0.5) is 0 Å². The van der Waals surface area contributed by atoms with Crippen LogP contribution < -0.4 is 10.6 Å². The Morgan fingerprint density at radius 1 is 0.848 bits per heavy atom. The highest BCUT2D eigenvalue weighted by atomic mass is 16.3. The number of benzene rings is 1. The average molecular weight is 635 g/mol. The Balaban J connectivity index is 1.21. The number of allylic oxidation sites excluding steroid dienone is 1. The monoisotopic (exact) mass is 634 g/mol. The van der Waals surface area contributed by atoms with Crippen molar-refractivity contribution in [2.75, 3.05) is 13.1 Å². The molecule has 254 valence electrons. The fraction of sp³-hybridized carbons (Fsp3) is 0.744. The van der Waals surface area contributed by atoms with Crippen LogP contribution in [0.3, 0.4) is 0 Å². The number of aromatic hydroxyl groups is 2. The van der Waals surface area contributed by atoms with Gasteiger partial charge in [0.2, 0.25) is 5.91 Å². The van der Waals surface area contributed by atoms with E-state index < -0.39 is 11.3 Å². The normalized spacial score (nSPS) is 42.5. The summed E-state index contributed by atoms with van der Waals surface area (Å²) in [7, 11) is 0. The first-order chi connectivity index (χ1) is 21.5. The van der Waals surface area contributed by atoms with Crippen molar-refractivity contribution in [1.29, 1.82) is 0 Å². The van der Waals surface area contributed by atoms with Gasteiger partial charge in [-0.25, -0.2) is 0 Å². The van der Waals surface area contributed by atoms with Crippen LogP contribution in [0.15, 0.2) is 30.4 Å². The Morgan fingerprint density at radius 2 is 1.57 bits per heavy atom. The fourth-order valence-electron chi connectivity index (χ4n) is 12.9. The van der Waals surface area contributed by atoms with Gasteiger partial charge in [-0.1, -0.05) is 46.8 Å². The minimum Gasteiger partial charge on any atom is -0.508 e. The van der Waals surface area contributed by atoms with E-state index in [4.69, 9.17) is 0 Å². The SMILES string of the molecule is C=C(C)[C@@H]1CC[C@]2(C(=O)NCCNC(=O)c3ccc(O)cc3O)CC[C@]3(C)[C@H](CC[C@@H]4[C@@]5(C)CC[C@H](O)C(C)(C)[C@@H]5CC[C@]43C)[C@@H]12. The number of carbonyl (C=O) groups is 2. The molecule has 0 saturated heterocycles. The van der Waals surface area contributed by atoms with Crippen molar-refractivity contribution in [3.05, 3.63) is 35.9 Å². The maximum atomic E-state index is 14.3. The third-order valence-electron chi connectivity index (χ3n) is 15.4. The Bertz CT molecular complexity index is 1410. The molecule has 7 nitrogen and oxygen atoms in total. The second-order valence-corrected chi connectivity index (χ2v) is 17.4. The Kier molecular flexibility index (Phi) is 8.18. The summed E-state index contributed by atoms with van der Waals surface area (Å²) in [5.74, 6) is 1.50. The molecule has 5 aliphatic rings. The van der Waals surface area contributed by atoms with E-state index in [2.05, 4.69) is 58.8 Å². The summed E-state index contributed by atoms with van der Waals surface area (Å²) in [6.07, 6.45) is 10.3. The summed E-state index contributed by atoms with van der Waals surface area (Å²) in [5.41, 5.74) is 1.36. The highest BCUT2D eigenvalue weighted by Crippen LogP contribution is 2.77. The average Bonchev–Trinajstić information content (AvgIpc) is 3.39. The maximum absolute atomic E-state index is 14.3. The molecule has 5 fully saturated rings. The summed E-state index contributed by atoms with van der Waals surface area (Å²) >= 11 is 0. The molecular weight excluding hydrogens is 576 g/mol. The van der Waals surface area contributed by atoms with E-state index in [-0.39, 0.29) is 63.2 Å². The molecule has 0 aromatic heterocycles. The number of hydrogen-bond donors (Lipinski definition) is 5. The van der Waals surface area contributed by atoms with Gasteiger partial charge >= 0.3 is 0 Å². The van der Waals surface area contributed by atoms with Crippen LogP contribution in [0.25, 0.3) is 0 Å². The predicted octanol–water partition coefficient (Wildman–Crippen LogP) is 6.96. The molecule has 6 rings (SSSR count). The Hall–Kier alpha value is -2.54. The maximum Gasteiger partial charge on any atom is 0.255 e. The van der Waals surface area contributed by atoms with Crippen molar-refractivity contribution in [1.82, 2.24) is 10.6 Å². The van der Waals surface area contributed by atoms with Gasteiger partial charge in [0.05, 0.1) is 17.1 Å². The number of carbonyl (C=O) groups excluding carboxylic acids is 2. The van der Waals surface area contributed by atoms with Gasteiger partial charge < -0.3 is 26.0 Å². The lowest BCUT2D eigenvalue weighted by atomic mass is 9.32. The van der Waals surface area contributed by atoms with Gasteiger partial charge in [0, 0.05) is 19.2 Å². The van der Waals surface area contributed by atoms with Gasteiger partial charge in [0.15, 0.2) is 0 Å². The van der Waals surface area contributed by atoms with Gasteiger partial charge in [-0.2, -0.15) is 0 Å². The van der Waals surface area contributed by atoms with E-state index in [9.17, 15) is 24.9 Å².